The molecule has 0 aliphatic heterocycles. The molecule has 2 N–H and O–H groups in total. The van der Waals surface area contributed by atoms with Crippen molar-refractivity contribution in [1.82, 2.24) is 15.7 Å². The summed E-state index contributed by atoms with van der Waals surface area (Å²) < 4.78 is 0. The van der Waals surface area contributed by atoms with Gasteiger partial charge in [-0.05, 0) is 49.0 Å². The van der Waals surface area contributed by atoms with Gasteiger partial charge in [-0.3, -0.25) is 10.4 Å². The van der Waals surface area contributed by atoms with Gasteiger partial charge in [0.05, 0.1) is 11.9 Å². The molecule has 0 aromatic carbocycles. The van der Waals surface area contributed by atoms with Gasteiger partial charge in [-0.2, -0.15) is 5.10 Å². The average Bonchev–Trinajstić information content (AvgIpc) is 3.02. The van der Waals surface area contributed by atoms with Gasteiger partial charge in [0.15, 0.2) is 5.11 Å². The standard InChI is InChI=1S/C14H16N4S/c19-14(17-13-8-10-4-5-11(13)7-10)18-16-9-12-3-1-2-6-15-12/h1-6,9-11,13H,7-8H2,(H2,17,18,19). The number of allylic oxidation sites excluding steroid dienone is 1. The molecule has 1 saturated carbocycles. The SMILES string of the molecule is S=C(NN=Cc1ccccn1)NC1CC2C=CC1C2. The van der Waals surface area contributed by atoms with Crippen molar-refractivity contribution >= 4 is 23.5 Å². The fourth-order valence-corrected chi connectivity index (χ4v) is 2.96. The van der Waals surface area contributed by atoms with Crippen LogP contribution >= 0.6 is 12.2 Å². The molecule has 98 valence electrons. The second-order valence-electron chi connectivity index (χ2n) is 4.98. The quantitative estimate of drug-likeness (QED) is 0.381. The van der Waals surface area contributed by atoms with Gasteiger partial charge in [-0.25, -0.2) is 0 Å². The Morgan fingerprint density at radius 3 is 3.00 bits per heavy atom. The molecule has 3 rings (SSSR count). The Labute approximate surface area is 118 Å². The molecule has 1 aromatic heterocycles. The van der Waals surface area contributed by atoms with Crippen LogP contribution in [0, 0.1) is 11.8 Å². The first-order chi connectivity index (χ1) is 9.31. The number of hydrogen-bond donors (Lipinski definition) is 2. The Hall–Kier alpha value is -1.75. The van der Waals surface area contributed by atoms with Crippen LogP contribution in [0.5, 0.6) is 0 Å². The third kappa shape index (κ3) is 2.98. The predicted molar refractivity (Wildman–Crippen MR) is 79.8 cm³/mol. The van der Waals surface area contributed by atoms with Crippen molar-refractivity contribution in [3.05, 3.63) is 42.2 Å². The molecular weight excluding hydrogens is 256 g/mol. The third-order valence-electron chi connectivity index (χ3n) is 3.65. The van der Waals surface area contributed by atoms with Crippen molar-refractivity contribution in [1.29, 1.82) is 0 Å². The lowest BCUT2D eigenvalue weighted by atomic mass is 10.0. The molecule has 3 unspecified atom stereocenters. The van der Waals surface area contributed by atoms with E-state index in [4.69, 9.17) is 12.2 Å². The molecule has 19 heavy (non-hydrogen) atoms. The van der Waals surface area contributed by atoms with E-state index in [1.54, 1.807) is 12.4 Å². The molecule has 2 bridgehead atoms. The molecule has 1 heterocycles. The van der Waals surface area contributed by atoms with E-state index in [2.05, 4.69) is 33.0 Å². The summed E-state index contributed by atoms with van der Waals surface area (Å²) in [4.78, 5) is 4.15. The Morgan fingerprint density at radius 2 is 2.32 bits per heavy atom. The largest absolute Gasteiger partial charge is 0.358 e. The summed E-state index contributed by atoms with van der Waals surface area (Å²) in [5, 5.41) is 8.00. The molecule has 0 saturated heterocycles. The van der Waals surface area contributed by atoms with Crippen LogP contribution < -0.4 is 10.7 Å². The van der Waals surface area contributed by atoms with Gasteiger partial charge in [0.2, 0.25) is 0 Å². The summed E-state index contributed by atoms with van der Waals surface area (Å²) >= 11 is 5.24. The summed E-state index contributed by atoms with van der Waals surface area (Å²) in [5.41, 5.74) is 3.65. The van der Waals surface area contributed by atoms with Crippen molar-refractivity contribution in [3.63, 3.8) is 0 Å². The summed E-state index contributed by atoms with van der Waals surface area (Å²) in [7, 11) is 0. The predicted octanol–water partition coefficient (Wildman–Crippen LogP) is 1.84. The Balaban J connectivity index is 1.47. The number of thiocarbonyl (C=S) groups is 1. The highest BCUT2D eigenvalue weighted by Crippen LogP contribution is 2.38. The van der Waals surface area contributed by atoms with Crippen LogP contribution in [0.3, 0.4) is 0 Å². The summed E-state index contributed by atoms with van der Waals surface area (Å²) in [6.07, 6.45) is 10.4. The van der Waals surface area contributed by atoms with Crippen molar-refractivity contribution in [2.45, 2.75) is 18.9 Å². The van der Waals surface area contributed by atoms with Gasteiger partial charge in [0.25, 0.3) is 0 Å². The minimum absolute atomic E-state index is 0.458. The van der Waals surface area contributed by atoms with Crippen LogP contribution in [0.4, 0.5) is 0 Å². The van der Waals surface area contributed by atoms with Crippen LogP contribution in [0.15, 0.2) is 41.6 Å². The van der Waals surface area contributed by atoms with E-state index in [9.17, 15) is 0 Å². The lowest BCUT2D eigenvalue weighted by molar-refractivity contribution is 0.521. The Bertz CT molecular complexity index is 511. The highest BCUT2D eigenvalue weighted by Gasteiger charge is 2.35. The van der Waals surface area contributed by atoms with Crippen LogP contribution in [-0.2, 0) is 0 Å². The summed E-state index contributed by atoms with van der Waals surface area (Å²) in [6, 6.07) is 6.15. The molecule has 2 aliphatic rings. The fourth-order valence-electron chi connectivity index (χ4n) is 2.76. The van der Waals surface area contributed by atoms with E-state index >= 15 is 0 Å². The van der Waals surface area contributed by atoms with Crippen LogP contribution in [0.2, 0.25) is 0 Å². The van der Waals surface area contributed by atoms with Crippen LogP contribution in [0.25, 0.3) is 0 Å². The van der Waals surface area contributed by atoms with E-state index in [1.807, 2.05) is 18.2 Å². The molecule has 0 radical (unpaired) electrons. The smallest absolute Gasteiger partial charge is 0.187 e. The molecule has 2 aliphatic carbocycles. The number of nitrogens with zero attached hydrogens (tertiary/aromatic N) is 2. The van der Waals surface area contributed by atoms with Gasteiger partial charge < -0.3 is 5.32 Å². The maximum atomic E-state index is 5.24. The number of fused-ring (bicyclic) bond motifs is 2. The van der Waals surface area contributed by atoms with Crippen LogP contribution in [0.1, 0.15) is 18.5 Å². The molecule has 0 amide bonds. The number of pyridine rings is 1. The van der Waals surface area contributed by atoms with Gasteiger partial charge in [-0.15, -0.1) is 0 Å². The maximum absolute atomic E-state index is 5.24. The monoisotopic (exact) mass is 272 g/mol. The number of rotatable bonds is 3. The number of hydrazone groups is 1. The third-order valence-corrected chi connectivity index (χ3v) is 3.86. The fraction of sp³-hybridized carbons (Fsp3) is 0.357. The molecule has 3 atom stereocenters. The van der Waals surface area contributed by atoms with Crippen molar-refractivity contribution < 1.29 is 0 Å². The highest BCUT2D eigenvalue weighted by atomic mass is 32.1. The van der Waals surface area contributed by atoms with E-state index in [0.29, 0.717) is 17.1 Å². The van der Waals surface area contributed by atoms with E-state index in [1.165, 1.54) is 12.8 Å². The first-order valence-corrected chi connectivity index (χ1v) is 6.91. The molecule has 5 heteroatoms. The van der Waals surface area contributed by atoms with Crippen molar-refractivity contribution in [2.24, 2.45) is 16.9 Å². The van der Waals surface area contributed by atoms with Gasteiger partial charge >= 0.3 is 0 Å². The number of nitrogens with one attached hydrogen (secondary N) is 2. The lowest BCUT2D eigenvalue weighted by Crippen LogP contribution is -2.42. The zero-order chi connectivity index (χ0) is 13.1. The Morgan fingerprint density at radius 1 is 1.37 bits per heavy atom. The molecule has 1 aromatic rings. The van der Waals surface area contributed by atoms with Gasteiger partial charge in [0.1, 0.15) is 0 Å². The zero-order valence-corrected chi connectivity index (χ0v) is 11.3. The average molecular weight is 272 g/mol. The Kier molecular flexibility index (Phi) is 3.55. The number of hydrogen-bond acceptors (Lipinski definition) is 3. The van der Waals surface area contributed by atoms with Crippen molar-refractivity contribution in [2.75, 3.05) is 0 Å². The number of aromatic nitrogens is 1. The van der Waals surface area contributed by atoms with Gasteiger partial charge in [0, 0.05) is 12.2 Å². The lowest BCUT2D eigenvalue weighted by Gasteiger charge is -2.20. The van der Waals surface area contributed by atoms with E-state index in [0.717, 1.165) is 11.6 Å². The first kappa shape index (κ1) is 12.3. The summed E-state index contributed by atoms with van der Waals surface area (Å²) in [6.45, 7) is 0. The maximum Gasteiger partial charge on any atom is 0.187 e. The molecular formula is C14H16N4S. The molecule has 4 nitrogen and oxygen atoms in total. The minimum Gasteiger partial charge on any atom is -0.358 e. The zero-order valence-electron chi connectivity index (χ0n) is 10.5. The van der Waals surface area contributed by atoms with E-state index < -0.39 is 0 Å². The topological polar surface area (TPSA) is 49.3 Å². The van der Waals surface area contributed by atoms with Crippen LogP contribution in [-0.4, -0.2) is 22.4 Å². The van der Waals surface area contributed by atoms with Gasteiger partial charge in [-0.1, -0.05) is 18.2 Å². The molecule has 0 spiro atoms. The highest BCUT2D eigenvalue weighted by molar-refractivity contribution is 7.80. The van der Waals surface area contributed by atoms with E-state index in [-0.39, 0.29) is 0 Å². The summed E-state index contributed by atoms with van der Waals surface area (Å²) in [5.74, 6) is 1.37. The molecule has 1 fully saturated rings. The minimum atomic E-state index is 0.458. The van der Waals surface area contributed by atoms with Crippen molar-refractivity contribution in [3.8, 4) is 0 Å². The second-order valence-corrected chi connectivity index (χ2v) is 5.39. The normalized spacial score (nSPS) is 27.9. The first-order valence-electron chi connectivity index (χ1n) is 6.50. The second kappa shape index (κ2) is 5.48.